The molecule has 0 aliphatic rings. The third-order valence-corrected chi connectivity index (χ3v) is 6.29. The zero-order chi connectivity index (χ0) is 24.9. The minimum atomic E-state index is -0.228. The third kappa shape index (κ3) is 5.22. The van der Waals surface area contributed by atoms with Gasteiger partial charge in [0.05, 0.1) is 12.2 Å². The number of anilines is 1. The van der Waals surface area contributed by atoms with Gasteiger partial charge in [0.25, 0.3) is 5.95 Å². The van der Waals surface area contributed by atoms with Crippen molar-refractivity contribution in [1.82, 2.24) is 14.5 Å². The standard InChI is InChI=1S/C25H28N8S/c1-7-17-10-12-18(13-11-17)16-33-20(15-27)19(14-26)28-23(33)31-30-22-21(25(4,5)6)29-24(34-22)32(8-2)9-3/h7,10-13H,1,8-9,16H2,2-6H3/b31-30+. The fraction of sp³-hybridized carbons (Fsp3) is 0.360. The van der Waals surface area contributed by atoms with Crippen LogP contribution in [0.2, 0.25) is 0 Å². The summed E-state index contributed by atoms with van der Waals surface area (Å²) in [5.41, 5.74) is 2.75. The summed E-state index contributed by atoms with van der Waals surface area (Å²) in [5, 5.41) is 29.7. The monoisotopic (exact) mass is 472 g/mol. The van der Waals surface area contributed by atoms with E-state index in [1.807, 2.05) is 30.3 Å². The van der Waals surface area contributed by atoms with Gasteiger partial charge in [0.1, 0.15) is 12.1 Å². The molecule has 3 rings (SSSR count). The lowest BCUT2D eigenvalue weighted by atomic mass is 9.93. The Labute approximate surface area is 204 Å². The molecule has 0 spiro atoms. The van der Waals surface area contributed by atoms with E-state index in [2.05, 4.69) is 67.4 Å². The maximum Gasteiger partial charge on any atom is 0.252 e. The summed E-state index contributed by atoms with van der Waals surface area (Å²) < 4.78 is 1.62. The molecule has 0 saturated carbocycles. The quantitative estimate of drug-likeness (QED) is 0.356. The molecule has 34 heavy (non-hydrogen) atoms. The van der Waals surface area contributed by atoms with Crippen LogP contribution >= 0.6 is 11.3 Å². The Bertz CT molecular complexity index is 1270. The normalized spacial score (nSPS) is 11.4. The summed E-state index contributed by atoms with van der Waals surface area (Å²) in [6, 6.07) is 11.9. The summed E-state index contributed by atoms with van der Waals surface area (Å²) in [4.78, 5) is 11.3. The van der Waals surface area contributed by atoms with Gasteiger partial charge in [-0.25, -0.2) is 4.98 Å². The molecule has 2 heterocycles. The van der Waals surface area contributed by atoms with E-state index >= 15 is 0 Å². The first-order valence-corrected chi connectivity index (χ1v) is 11.9. The number of hydrogen-bond acceptors (Lipinski definition) is 8. The van der Waals surface area contributed by atoms with Crippen molar-refractivity contribution in [2.75, 3.05) is 18.0 Å². The molecule has 0 aliphatic heterocycles. The van der Waals surface area contributed by atoms with Crippen molar-refractivity contribution in [1.29, 1.82) is 10.5 Å². The van der Waals surface area contributed by atoms with Crippen LogP contribution in [0.1, 0.15) is 62.8 Å². The summed E-state index contributed by atoms with van der Waals surface area (Å²) in [5.74, 6) is 0.207. The number of azo groups is 1. The fourth-order valence-electron chi connectivity index (χ4n) is 3.38. The van der Waals surface area contributed by atoms with Crippen molar-refractivity contribution >= 4 is 33.5 Å². The van der Waals surface area contributed by atoms with E-state index in [4.69, 9.17) is 4.98 Å². The lowest BCUT2D eigenvalue weighted by Gasteiger charge is -2.18. The van der Waals surface area contributed by atoms with Gasteiger partial charge in [-0.05, 0) is 25.0 Å². The molecule has 0 fully saturated rings. The van der Waals surface area contributed by atoms with Gasteiger partial charge in [0, 0.05) is 18.5 Å². The van der Waals surface area contributed by atoms with Gasteiger partial charge in [0.2, 0.25) is 0 Å². The molecule has 0 saturated heterocycles. The van der Waals surface area contributed by atoms with Gasteiger partial charge in [-0.3, -0.25) is 4.57 Å². The van der Waals surface area contributed by atoms with Crippen LogP contribution in [0.15, 0.2) is 41.1 Å². The van der Waals surface area contributed by atoms with Crippen molar-refractivity contribution in [3.63, 3.8) is 0 Å². The number of rotatable bonds is 8. The van der Waals surface area contributed by atoms with Crippen molar-refractivity contribution in [2.24, 2.45) is 10.2 Å². The number of thiazole rings is 1. The first kappa shape index (κ1) is 24.8. The van der Waals surface area contributed by atoms with E-state index in [0.29, 0.717) is 11.5 Å². The number of aromatic nitrogens is 3. The minimum absolute atomic E-state index is 0.0309. The highest BCUT2D eigenvalue weighted by Crippen LogP contribution is 2.40. The smallest absolute Gasteiger partial charge is 0.252 e. The Hall–Kier alpha value is -3.82. The Morgan fingerprint density at radius 3 is 2.29 bits per heavy atom. The molecule has 0 amide bonds. The van der Waals surface area contributed by atoms with Gasteiger partial charge >= 0.3 is 0 Å². The number of imidazole rings is 1. The van der Waals surface area contributed by atoms with E-state index in [-0.39, 0.29) is 22.8 Å². The lowest BCUT2D eigenvalue weighted by molar-refractivity contribution is 0.573. The predicted octanol–water partition coefficient (Wildman–Crippen LogP) is 6.33. The van der Waals surface area contributed by atoms with Crippen molar-refractivity contribution in [3.8, 4) is 12.1 Å². The molecule has 1 aromatic carbocycles. The fourth-order valence-corrected chi connectivity index (χ4v) is 4.60. The van der Waals surface area contributed by atoms with Crippen LogP contribution in [-0.2, 0) is 12.0 Å². The Kier molecular flexibility index (Phi) is 7.60. The second kappa shape index (κ2) is 10.4. The van der Waals surface area contributed by atoms with Crippen molar-refractivity contribution in [3.05, 3.63) is 59.1 Å². The molecule has 0 atom stereocenters. The molecule has 3 aromatic rings. The van der Waals surface area contributed by atoms with Crippen LogP contribution in [-0.4, -0.2) is 27.6 Å². The van der Waals surface area contributed by atoms with Gasteiger partial charge in [-0.2, -0.15) is 15.5 Å². The average molecular weight is 473 g/mol. The van der Waals surface area contributed by atoms with Crippen LogP contribution in [0, 0.1) is 22.7 Å². The first-order valence-electron chi connectivity index (χ1n) is 11.1. The molecule has 174 valence electrons. The molecule has 8 nitrogen and oxygen atoms in total. The highest BCUT2D eigenvalue weighted by atomic mass is 32.1. The highest BCUT2D eigenvalue weighted by Gasteiger charge is 2.25. The first-order chi connectivity index (χ1) is 16.2. The predicted molar refractivity (Wildman–Crippen MR) is 136 cm³/mol. The maximum atomic E-state index is 9.70. The van der Waals surface area contributed by atoms with Crippen LogP contribution in [0.5, 0.6) is 0 Å². The van der Waals surface area contributed by atoms with E-state index in [0.717, 1.165) is 35.0 Å². The third-order valence-electron chi connectivity index (χ3n) is 5.29. The van der Waals surface area contributed by atoms with Crippen LogP contribution in [0.3, 0.4) is 0 Å². The topological polar surface area (TPSA) is 106 Å². The summed E-state index contributed by atoms with van der Waals surface area (Å²) >= 11 is 1.48. The Morgan fingerprint density at radius 1 is 1.09 bits per heavy atom. The molecule has 0 radical (unpaired) electrons. The van der Waals surface area contributed by atoms with Crippen LogP contribution in [0.4, 0.5) is 16.1 Å². The van der Waals surface area contributed by atoms with E-state index in [9.17, 15) is 10.5 Å². The number of benzene rings is 1. The largest absolute Gasteiger partial charge is 0.349 e. The molecule has 0 N–H and O–H groups in total. The second-order valence-electron chi connectivity index (χ2n) is 8.64. The van der Waals surface area contributed by atoms with Gasteiger partial charge in [-0.15, -0.1) is 10.2 Å². The molecular weight excluding hydrogens is 444 g/mol. The van der Waals surface area contributed by atoms with Crippen molar-refractivity contribution < 1.29 is 0 Å². The molecule has 0 unspecified atom stereocenters. The van der Waals surface area contributed by atoms with E-state index in [1.165, 1.54) is 11.3 Å². The van der Waals surface area contributed by atoms with Gasteiger partial charge in [0.15, 0.2) is 21.5 Å². The minimum Gasteiger partial charge on any atom is -0.349 e. The number of nitrogens with zero attached hydrogens (tertiary/aromatic N) is 8. The molecule has 0 aliphatic carbocycles. The van der Waals surface area contributed by atoms with Gasteiger partial charge < -0.3 is 4.90 Å². The van der Waals surface area contributed by atoms with Gasteiger partial charge in [-0.1, -0.05) is 69.0 Å². The number of nitriles is 2. The van der Waals surface area contributed by atoms with Crippen LogP contribution in [0.25, 0.3) is 6.08 Å². The molecule has 9 heteroatoms. The lowest BCUT2D eigenvalue weighted by Crippen LogP contribution is -2.22. The highest BCUT2D eigenvalue weighted by molar-refractivity contribution is 7.19. The summed E-state index contributed by atoms with van der Waals surface area (Å²) in [6.45, 7) is 16.2. The number of hydrogen-bond donors (Lipinski definition) is 0. The molecule has 2 aromatic heterocycles. The SMILES string of the molecule is C=Cc1ccc(Cn2c(/N=N/c3sc(N(CC)CC)nc3C(C)(C)C)nc(C#N)c2C#N)cc1. The average Bonchev–Trinajstić information content (AvgIpc) is 3.40. The Morgan fingerprint density at radius 2 is 1.76 bits per heavy atom. The molecule has 0 bridgehead atoms. The molecular formula is C25H28N8S. The summed E-state index contributed by atoms with van der Waals surface area (Å²) in [7, 11) is 0. The zero-order valence-electron chi connectivity index (χ0n) is 20.2. The van der Waals surface area contributed by atoms with Crippen molar-refractivity contribution in [2.45, 2.75) is 46.6 Å². The maximum absolute atomic E-state index is 9.70. The van der Waals surface area contributed by atoms with Crippen LogP contribution < -0.4 is 4.90 Å². The summed E-state index contributed by atoms with van der Waals surface area (Å²) in [6.07, 6.45) is 1.77. The van der Waals surface area contributed by atoms with E-state index in [1.54, 1.807) is 10.6 Å². The van der Waals surface area contributed by atoms with E-state index < -0.39 is 0 Å². The Balaban J connectivity index is 2.06. The zero-order valence-corrected chi connectivity index (χ0v) is 21.0. The second-order valence-corrected chi connectivity index (χ2v) is 9.59.